The Morgan fingerprint density at radius 3 is 0.980 bits per heavy atom. The second-order valence-electron chi connectivity index (χ2n) is 33.8. The number of fused-ring (bicyclic) bond motifs is 7. The molecule has 0 bridgehead atoms. The highest BCUT2D eigenvalue weighted by Gasteiger charge is 2.47. The minimum Gasteiger partial charge on any atom is -0.310 e. The van der Waals surface area contributed by atoms with Crippen molar-refractivity contribution in [1.29, 1.82) is 0 Å². The maximum absolute atomic E-state index is 2.74. The van der Waals surface area contributed by atoms with Crippen LogP contribution >= 0.6 is 0 Å². The molecule has 3 nitrogen and oxygen atoms in total. The number of anilines is 6. The molecule has 502 valence electrons. The lowest BCUT2D eigenvalue weighted by Crippen LogP contribution is -2.61. The summed E-state index contributed by atoms with van der Waals surface area (Å²) >= 11 is 0. The van der Waals surface area contributed by atoms with Gasteiger partial charge in [0.05, 0.1) is 22.4 Å². The normalized spacial score (nSPS) is 13.2. The second-order valence-corrected chi connectivity index (χ2v) is 33.8. The summed E-state index contributed by atoms with van der Waals surface area (Å²) in [6.45, 7) is 34.7. The van der Waals surface area contributed by atoms with Crippen molar-refractivity contribution in [1.82, 2.24) is 4.57 Å². The molecule has 0 unspecified atom stereocenters. The van der Waals surface area contributed by atoms with Crippen LogP contribution in [0.5, 0.6) is 0 Å². The van der Waals surface area contributed by atoms with Crippen LogP contribution in [0.1, 0.15) is 132 Å². The largest absolute Gasteiger partial charge is 0.310 e. The molecule has 0 spiro atoms. The molecule has 16 rings (SSSR count). The molecule has 2 aliphatic rings. The summed E-state index contributed by atoms with van der Waals surface area (Å²) < 4.78 is 2.51. The fourth-order valence-corrected chi connectivity index (χ4v) is 16.2. The molecule has 0 radical (unpaired) electrons. The Labute approximate surface area is 605 Å². The predicted octanol–water partition coefficient (Wildman–Crippen LogP) is 25.4. The number of nitrogens with zero attached hydrogens (tertiary/aromatic N) is 3. The van der Waals surface area contributed by atoms with Crippen LogP contribution in [-0.4, -0.2) is 11.3 Å². The van der Waals surface area contributed by atoms with Gasteiger partial charge in [-0.05, 0) is 158 Å². The Morgan fingerprint density at radius 1 is 0.245 bits per heavy atom. The van der Waals surface area contributed by atoms with Crippen LogP contribution in [0.4, 0.5) is 34.1 Å². The zero-order valence-electron chi connectivity index (χ0n) is 62.1. The van der Waals surface area contributed by atoms with E-state index in [-0.39, 0.29) is 33.8 Å². The van der Waals surface area contributed by atoms with Gasteiger partial charge in [0.25, 0.3) is 6.71 Å². The third kappa shape index (κ3) is 11.5. The monoisotopic (exact) mass is 1320 g/mol. The van der Waals surface area contributed by atoms with Crippen LogP contribution in [-0.2, 0) is 27.1 Å². The highest BCUT2D eigenvalue weighted by atomic mass is 15.2. The summed E-state index contributed by atoms with van der Waals surface area (Å²) in [4.78, 5) is 5.46. The van der Waals surface area contributed by atoms with Crippen molar-refractivity contribution < 1.29 is 0 Å². The van der Waals surface area contributed by atoms with Gasteiger partial charge in [-0.25, -0.2) is 0 Å². The molecular formula is C98H92BN3. The van der Waals surface area contributed by atoms with Crippen LogP contribution in [0.3, 0.4) is 0 Å². The van der Waals surface area contributed by atoms with E-state index >= 15 is 0 Å². The van der Waals surface area contributed by atoms with Crippen molar-refractivity contribution in [2.45, 2.75) is 131 Å². The summed E-state index contributed by atoms with van der Waals surface area (Å²) in [7, 11) is 0. The molecule has 102 heavy (non-hydrogen) atoms. The molecule has 0 saturated heterocycles. The molecule has 1 aromatic heterocycles. The van der Waals surface area contributed by atoms with E-state index in [9.17, 15) is 0 Å². The van der Waals surface area contributed by atoms with Gasteiger partial charge in [0.15, 0.2) is 0 Å². The Hall–Kier alpha value is -10.7. The highest BCUT2D eigenvalue weighted by Crippen LogP contribution is 2.55. The number of hydrogen-bond acceptors (Lipinski definition) is 2. The SMILES string of the molecule is CC(C)(C)c1ccc(-c2cccc(-c3ccc(C(C)(C)C)cc3)c2N2c3cc(-n4c5ccccc5c5ccccc54)ccc3B3c4cc(-c5ccccc5)c(C(C)(C)C)cc4N(c4c(-c5ccc(C(C)(C)C)cc5)cccc4-c4ccc(C(C)(C)C)cc4)c4cc(-c5ccccc5)cc2c43)cc1. The number of benzene rings is 13. The van der Waals surface area contributed by atoms with Gasteiger partial charge in [-0.3, -0.25) is 0 Å². The lowest BCUT2D eigenvalue weighted by atomic mass is 9.33. The Bertz CT molecular complexity index is 5340. The number of hydrogen-bond donors (Lipinski definition) is 0. The van der Waals surface area contributed by atoms with Gasteiger partial charge in [0, 0.05) is 61.5 Å². The van der Waals surface area contributed by atoms with Crippen molar-refractivity contribution in [3.8, 4) is 72.4 Å². The smallest absolute Gasteiger partial charge is 0.252 e. The molecule has 0 amide bonds. The number of rotatable bonds is 9. The van der Waals surface area contributed by atoms with Gasteiger partial charge in [0.1, 0.15) is 0 Å². The van der Waals surface area contributed by atoms with Crippen LogP contribution in [0, 0.1) is 0 Å². The first-order chi connectivity index (χ1) is 48.8. The van der Waals surface area contributed by atoms with Crippen LogP contribution in [0.25, 0.3) is 94.3 Å². The summed E-state index contributed by atoms with van der Waals surface area (Å²) in [6.07, 6.45) is 0. The summed E-state index contributed by atoms with van der Waals surface area (Å²) in [5.74, 6) is 0. The lowest BCUT2D eigenvalue weighted by molar-refractivity contribution is 0.590. The standard InChI is InChI=1S/C98H92BN3/c1-94(2,3)70-48-40-65(41-49-70)75-34-26-35-76(66-42-50-71(51-43-66)95(4,5)6)92(75)101-87-60-74(100-85-38-24-22-32-79(85)80-33-23-25-39-86(80)100)56-57-83(87)99-84-61-81(64-30-20-17-21-31-64)82(98(13,14)15)62-88(84)102(90-59-69(58-89(101)91(90)99)63-28-18-16-19-29-63)93-77(67-44-52-72(53-45-67)96(7,8)9)36-27-37-78(93)68-46-54-73(55-47-68)97(10,11)12/h16-62H,1-15H3. The van der Waals surface area contributed by atoms with Crippen molar-refractivity contribution in [2.75, 3.05) is 9.80 Å². The van der Waals surface area contributed by atoms with Gasteiger partial charge in [-0.1, -0.05) is 347 Å². The summed E-state index contributed by atoms with van der Waals surface area (Å²) in [5.41, 5.74) is 34.1. The first-order valence-corrected chi connectivity index (χ1v) is 36.7. The molecule has 2 aliphatic heterocycles. The van der Waals surface area contributed by atoms with Gasteiger partial charge >= 0.3 is 0 Å². The summed E-state index contributed by atoms with van der Waals surface area (Å²) in [6, 6.07) is 110. The zero-order chi connectivity index (χ0) is 70.9. The minimum absolute atomic E-state index is 0.0355. The maximum Gasteiger partial charge on any atom is 0.252 e. The van der Waals surface area contributed by atoms with Crippen molar-refractivity contribution in [3.63, 3.8) is 0 Å². The van der Waals surface area contributed by atoms with E-state index in [4.69, 9.17) is 0 Å². The third-order valence-electron chi connectivity index (χ3n) is 21.8. The average Bonchev–Trinajstić information content (AvgIpc) is 0.788. The first-order valence-electron chi connectivity index (χ1n) is 36.7. The van der Waals surface area contributed by atoms with E-state index in [1.54, 1.807) is 0 Å². The van der Waals surface area contributed by atoms with Crippen molar-refractivity contribution in [3.05, 3.63) is 313 Å². The van der Waals surface area contributed by atoms with E-state index in [0.29, 0.717) is 0 Å². The fraction of sp³-hybridized carbons (Fsp3) is 0.204. The minimum atomic E-state index is -0.272. The van der Waals surface area contributed by atoms with E-state index in [0.717, 1.165) is 89.8 Å². The molecule has 3 heterocycles. The quantitative estimate of drug-likeness (QED) is 0.133. The van der Waals surface area contributed by atoms with E-state index in [2.05, 4.69) is 403 Å². The van der Waals surface area contributed by atoms with Crippen LogP contribution < -0.4 is 26.2 Å². The molecule has 0 N–H and O–H groups in total. The lowest BCUT2D eigenvalue weighted by Gasteiger charge is -2.46. The van der Waals surface area contributed by atoms with Gasteiger partial charge in [-0.15, -0.1) is 0 Å². The first kappa shape index (κ1) is 65.9. The molecule has 0 saturated carbocycles. The van der Waals surface area contributed by atoms with Gasteiger partial charge in [-0.2, -0.15) is 0 Å². The second kappa shape index (κ2) is 24.6. The highest BCUT2D eigenvalue weighted by molar-refractivity contribution is 7.00. The number of aromatic nitrogens is 1. The van der Waals surface area contributed by atoms with Crippen molar-refractivity contribution >= 4 is 79.0 Å². The third-order valence-corrected chi connectivity index (χ3v) is 21.8. The van der Waals surface area contributed by atoms with Gasteiger partial charge in [0.2, 0.25) is 0 Å². The molecular weight excluding hydrogens is 1230 g/mol. The van der Waals surface area contributed by atoms with E-state index in [1.807, 2.05) is 0 Å². The fourth-order valence-electron chi connectivity index (χ4n) is 16.2. The van der Waals surface area contributed by atoms with E-state index < -0.39 is 0 Å². The van der Waals surface area contributed by atoms with Crippen molar-refractivity contribution in [2.24, 2.45) is 0 Å². The molecule has 0 atom stereocenters. The Morgan fingerprint density at radius 2 is 0.598 bits per heavy atom. The summed E-state index contributed by atoms with van der Waals surface area (Å²) in [5, 5.41) is 2.46. The molecule has 13 aromatic carbocycles. The van der Waals surface area contributed by atoms with Gasteiger partial charge < -0.3 is 14.4 Å². The molecule has 4 heteroatoms. The average molecular weight is 1320 g/mol. The van der Waals surface area contributed by atoms with Crippen LogP contribution in [0.15, 0.2) is 285 Å². The molecule has 0 aliphatic carbocycles. The Balaban J connectivity index is 1.10. The molecule has 14 aromatic rings. The zero-order valence-corrected chi connectivity index (χ0v) is 62.1. The Kier molecular flexibility index (Phi) is 15.9. The van der Waals surface area contributed by atoms with E-state index in [1.165, 1.54) is 82.8 Å². The van der Waals surface area contributed by atoms with Crippen LogP contribution in [0.2, 0.25) is 0 Å². The molecule has 0 fully saturated rings. The topological polar surface area (TPSA) is 11.4 Å². The maximum atomic E-state index is 2.74. The predicted molar refractivity (Wildman–Crippen MR) is 441 cm³/mol. The number of para-hydroxylation sites is 4.